The normalized spacial score (nSPS) is 20.9. The molecule has 6 atom stereocenters. The molecule has 23 heteroatoms. The number of carbonyl (C=O) groups is 6. The minimum Gasteiger partial charge on any atom is -0.489 e. The van der Waals surface area contributed by atoms with Gasteiger partial charge in [-0.05, 0) is 108 Å². The van der Waals surface area contributed by atoms with E-state index in [1.807, 2.05) is 13.8 Å². The molecule has 4 aliphatic heterocycles. The summed E-state index contributed by atoms with van der Waals surface area (Å²) in [5, 5.41) is 17.1. The average Bonchev–Trinajstić information content (AvgIpc) is 4.24. The Labute approximate surface area is 444 Å². The van der Waals surface area contributed by atoms with Crippen molar-refractivity contribution >= 4 is 63.6 Å². The fourth-order valence-corrected chi connectivity index (χ4v) is 11.0. The zero-order chi connectivity index (χ0) is 53.9. The number of piperidine rings is 1. The van der Waals surface area contributed by atoms with E-state index in [2.05, 4.69) is 31.3 Å². The highest BCUT2D eigenvalue weighted by atomic mass is 32.2. The van der Waals surface area contributed by atoms with Crippen LogP contribution in [0.15, 0.2) is 65.9 Å². The van der Waals surface area contributed by atoms with Crippen LogP contribution < -0.4 is 26.0 Å². The van der Waals surface area contributed by atoms with Gasteiger partial charge in [0.15, 0.2) is 11.4 Å². The van der Waals surface area contributed by atoms with Gasteiger partial charge in [-0.25, -0.2) is 18.3 Å². The molecule has 0 saturated carbocycles. The second kappa shape index (κ2) is 26.0. The van der Waals surface area contributed by atoms with E-state index < -0.39 is 35.9 Å². The van der Waals surface area contributed by atoms with Crippen LogP contribution in [-0.2, 0) is 28.7 Å². The van der Waals surface area contributed by atoms with Crippen molar-refractivity contribution in [2.24, 2.45) is 10.9 Å². The SMILES string of the molecule is CN[C@@H](C)C(=O)N[C@H](C(=O)N1CCC[C@H]1C1=NC(C(=O)c2ccc(F)cc2)CS1)C1CCN(C(=O)CCOCCOCCC(=O)NCCN2C[C@H](C)Oc3ccc(F)cc3[C@@H](C)Nc3ccn4ncc(c4n3)C2=O)CC1. The third kappa shape index (κ3) is 13.9. The van der Waals surface area contributed by atoms with Gasteiger partial charge in [-0.2, -0.15) is 5.10 Å². The van der Waals surface area contributed by atoms with Gasteiger partial charge in [-0.3, -0.25) is 33.8 Å². The standard InChI is InChI=1S/C53H67F2N11O9S/c1-32-30-64(52(71)40-29-58-66-22-15-44(61-49(40)66)59-33(2)39-28-38(55)11-12-43(39)75-32)23-18-57-45(67)16-24-73-26-27-74-25-17-46(68)63-20-13-35(14-21-63)47(62-50(70)34(3)56-4)53(72)65-19-5-6-42(65)51-60-41(31-76-51)48(69)36-7-9-37(54)10-8-36/h7-12,15,22,28-29,32-35,41-42,47,56H,5-6,13-14,16-21,23-27,30-31H2,1-4H3,(H,57,67)(H,59,61)(H,62,70)/t32-,33+,34-,41?,42-,47-/m0/s1. The van der Waals surface area contributed by atoms with Gasteiger partial charge in [0.25, 0.3) is 5.91 Å². The molecule has 8 rings (SSSR count). The summed E-state index contributed by atoms with van der Waals surface area (Å²) >= 11 is 1.45. The summed E-state index contributed by atoms with van der Waals surface area (Å²) in [7, 11) is 1.67. The van der Waals surface area contributed by atoms with Crippen LogP contribution in [0.2, 0.25) is 0 Å². The number of nitrogens with zero attached hydrogens (tertiary/aromatic N) is 7. The Morgan fingerprint density at radius 3 is 2.42 bits per heavy atom. The van der Waals surface area contributed by atoms with E-state index in [0.29, 0.717) is 78.0 Å². The molecule has 20 nitrogen and oxygen atoms in total. The van der Waals surface area contributed by atoms with Gasteiger partial charge < -0.3 is 50.2 Å². The van der Waals surface area contributed by atoms with Crippen LogP contribution in [0, 0.1) is 17.6 Å². The Morgan fingerprint density at radius 1 is 0.934 bits per heavy atom. The Morgan fingerprint density at radius 2 is 1.67 bits per heavy atom. The van der Waals surface area contributed by atoms with Crippen LogP contribution in [0.3, 0.4) is 0 Å². The molecule has 5 amide bonds. The molecule has 2 bridgehead atoms. The number of ether oxygens (including phenoxy) is 3. The first kappa shape index (κ1) is 55.7. The predicted octanol–water partition coefficient (Wildman–Crippen LogP) is 4.05. The Hall–Kier alpha value is -6.56. The number of aromatic nitrogens is 3. The second-order valence-electron chi connectivity index (χ2n) is 19.5. The van der Waals surface area contributed by atoms with Crippen LogP contribution in [0.5, 0.6) is 5.75 Å². The van der Waals surface area contributed by atoms with Crippen LogP contribution in [-0.4, -0.2) is 178 Å². The highest BCUT2D eigenvalue weighted by molar-refractivity contribution is 8.14. The molecule has 2 aromatic heterocycles. The number of carbonyl (C=O) groups excluding carboxylic acids is 6. The fourth-order valence-electron chi connectivity index (χ4n) is 9.85. The molecular formula is C53H67F2N11O9S. The van der Waals surface area contributed by atoms with Crippen molar-refractivity contribution < 1.29 is 51.8 Å². The minimum absolute atomic E-state index is 0.0709. The van der Waals surface area contributed by atoms with E-state index in [4.69, 9.17) is 19.2 Å². The van der Waals surface area contributed by atoms with Crippen molar-refractivity contribution in [3.8, 4) is 5.75 Å². The van der Waals surface area contributed by atoms with E-state index >= 15 is 0 Å². The number of likely N-dealkylation sites (tertiary alicyclic amines) is 2. The third-order valence-corrected chi connectivity index (χ3v) is 15.3. The van der Waals surface area contributed by atoms with Gasteiger partial charge in [-0.1, -0.05) is 0 Å². The van der Waals surface area contributed by atoms with E-state index in [9.17, 15) is 37.5 Å². The molecule has 6 heterocycles. The lowest BCUT2D eigenvalue weighted by Crippen LogP contribution is -2.58. The Balaban J connectivity index is 0.744. The summed E-state index contributed by atoms with van der Waals surface area (Å²) < 4.78 is 47.0. The summed E-state index contributed by atoms with van der Waals surface area (Å²) in [6.45, 7) is 7.90. The van der Waals surface area contributed by atoms with Gasteiger partial charge in [-0.15, -0.1) is 11.8 Å². The van der Waals surface area contributed by atoms with Crippen molar-refractivity contribution in [2.45, 2.75) is 95.6 Å². The number of hydrogen-bond donors (Lipinski definition) is 4. The number of benzene rings is 2. The second-order valence-corrected chi connectivity index (χ2v) is 20.6. The first-order valence-corrected chi connectivity index (χ1v) is 27.0. The number of thioether (sulfide) groups is 1. The minimum atomic E-state index is -0.818. The number of Topliss-reactive ketones (excluding diaryl/α,β-unsaturated/α-hetero) is 1. The number of anilines is 1. The fraction of sp³-hybridized carbons (Fsp3) is 0.528. The van der Waals surface area contributed by atoms with Crippen LogP contribution in [0.25, 0.3) is 5.65 Å². The van der Waals surface area contributed by atoms with Crippen molar-refractivity contribution in [1.29, 1.82) is 0 Å². The number of halogens is 2. The average molecular weight is 1070 g/mol. The summed E-state index contributed by atoms with van der Waals surface area (Å²) in [6.07, 6.45) is 5.29. The molecule has 0 aliphatic carbocycles. The highest BCUT2D eigenvalue weighted by Gasteiger charge is 2.43. The van der Waals surface area contributed by atoms with Crippen molar-refractivity contribution in [3.63, 3.8) is 0 Å². The van der Waals surface area contributed by atoms with Crippen molar-refractivity contribution in [3.05, 3.63) is 89.2 Å². The molecule has 0 spiro atoms. The molecule has 4 N–H and O–H groups in total. The third-order valence-electron chi connectivity index (χ3n) is 14.2. The lowest BCUT2D eigenvalue weighted by Gasteiger charge is -2.38. The molecule has 2 saturated heterocycles. The molecule has 4 aromatic rings. The smallest absolute Gasteiger partial charge is 0.259 e. The Kier molecular flexibility index (Phi) is 19.0. The number of fused-ring (bicyclic) bond motifs is 2. The van der Waals surface area contributed by atoms with Gasteiger partial charge in [0, 0.05) is 62.2 Å². The van der Waals surface area contributed by atoms with Crippen molar-refractivity contribution in [2.75, 3.05) is 83.8 Å². The van der Waals surface area contributed by atoms with Crippen LogP contribution in [0.4, 0.5) is 14.6 Å². The quantitative estimate of drug-likeness (QED) is 0.0724. The molecule has 4 aliphatic rings. The van der Waals surface area contributed by atoms with E-state index in [1.54, 1.807) is 47.0 Å². The zero-order valence-corrected chi connectivity index (χ0v) is 44.1. The summed E-state index contributed by atoms with van der Waals surface area (Å²) in [6, 6.07) is 8.74. The zero-order valence-electron chi connectivity index (χ0n) is 43.3. The number of hydrogen-bond acceptors (Lipinski definition) is 15. The topological polar surface area (TPSA) is 230 Å². The number of amides is 5. The van der Waals surface area contributed by atoms with Crippen LogP contribution in [0.1, 0.15) is 91.6 Å². The summed E-state index contributed by atoms with van der Waals surface area (Å²) in [5.74, 6) is -1.11. The summed E-state index contributed by atoms with van der Waals surface area (Å²) in [5.41, 5.74) is 1.59. The molecule has 76 heavy (non-hydrogen) atoms. The Bertz CT molecular complexity index is 2760. The first-order valence-electron chi connectivity index (χ1n) is 26.0. The van der Waals surface area contributed by atoms with E-state index in [-0.39, 0.29) is 118 Å². The molecular weight excluding hydrogens is 1000 g/mol. The van der Waals surface area contributed by atoms with Crippen molar-refractivity contribution in [1.82, 2.24) is 45.2 Å². The van der Waals surface area contributed by atoms with Gasteiger partial charge in [0.1, 0.15) is 47.0 Å². The van der Waals surface area contributed by atoms with Gasteiger partial charge in [0.2, 0.25) is 23.6 Å². The number of nitrogens with one attached hydrogen (secondary N) is 4. The van der Waals surface area contributed by atoms with Crippen LogP contribution >= 0.6 is 11.8 Å². The van der Waals surface area contributed by atoms with Gasteiger partial charge in [0.05, 0.1) is 68.8 Å². The molecule has 2 fully saturated rings. The number of ketones is 1. The van der Waals surface area contributed by atoms with E-state index in [1.165, 1.54) is 58.9 Å². The molecule has 0 radical (unpaired) electrons. The molecule has 408 valence electrons. The maximum absolute atomic E-state index is 14.5. The predicted molar refractivity (Wildman–Crippen MR) is 280 cm³/mol. The van der Waals surface area contributed by atoms with Gasteiger partial charge >= 0.3 is 0 Å². The van der Waals surface area contributed by atoms with E-state index in [0.717, 1.165) is 6.42 Å². The maximum atomic E-state index is 14.5. The number of aliphatic imine (C=N–C) groups is 1. The lowest BCUT2D eigenvalue weighted by atomic mass is 9.88. The number of rotatable bonds is 20. The molecule has 1 unspecified atom stereocenters. The highest BCUT2D eigenvalue weighted by Crippen LogP contribution is 2.33. The monoisotopic (exact) mass is 1070 g/mol. The largest absolute Gasteiger partial charge is 0.489 e. The lowest BCUT2D eigenvalue weighted by molar-refractivity contribution is -0.140. The maximum Gasteiger partial charge on any atom is 0.259 e. The number of likely N-dealkylation sites (N-methyl/N-ethyl adjacent to an activating group) is 1. The molecule has 2 aromatic carbocycles. The first-order chi connectivity index (χ1) is 36.7. The summed E-state index contributed by atoms with van der Waals surface area (Å²) in [4.78, 5) is 95.5.